The average Bonchev–Trinajstić information content (AvgIpc) is 2.88. The Hall–Kier alpha value is -1.47. The Kier molecular flexibility index (Phi) is 4.87. The van der Waals surface area contributed by atoms with Crippen LogP contribution < -0.4 is 5.32 Å². The van der Waals surface area contributed by atoms with Crippen molar-refractivity contribution in [2.24, 2.45) is 0 Å². The van der Waals surface area contributed by atoms with E-state index in [0.29, 0.717) is 6.54 Å². The van der Waals surface area contributed by atoms with Crippen molar-refractivity contribution in [2.45, 2.75) is 32.7 Å². The molecule has 0 aliphatic carbocycles. The summed E-state index contributed by atoms with van der Waals surface area (Å²) < 4.78 is 42.0. The Morgan fingerprint density at radius 2 is 2.14 bits per heavy atom. The highest BCUT2D eigenvalue weighted by Crippen LogP contribution is 2.27. The van der Waals surface area contributed by atoms with Gasteiger partial charge in [0.2, 0.25) is 0 Å². The first-order valence-corrected chi connectivity index (χ1v) is 7.28. The normalized spacial score (nSPS) is 26.0. The first-order valence-electron chi connectivity index (χ1n) is 7.28. The minimum Gasteiger partial charge on any atom is -0.360 e. The summed E-state index contributed by atoms with van der Waals surface area (Å²) in [6.45, 7) is 6.58. The molecule has 0 aromatic heterocycles. The second kappa shape index (κ2) is 6.34. The van der Waals surface area contributed by atoms with Crippen LogP contribution in [-0.4, -0.2) is 48.2 Å². The van der Waals surface area contributed by atoms with Gasteiger partial charge in [0.1, 0.15) is 6.61 Å². The molecular formula is C15H22F3N3O. The van der Waals surface area contributed by atoms with Gasteiger partial charge in [-0.3, -0.25) is 0 Å². The summed E-state index contributed by atoms with van der Waals surface area (Å²) in [5, 5.41) is 7.23. The molecule has 1 atom stereocenters. The summed E-state index contributed by atoms with van der Waals surface area (Å²) >= 11 is 0. The highest BCUT2D eigenvalue weighted by molar-refractivity contribution is 5.33. The number of dihydropyridines is 1. The lowest BCUT2D eigenvalue weighted by Gasteiger charge is -2.36. The topological polar surface area (TPSA) is 27.7 Å². The first kappa shape index (κ1) is 16.9. The lowest BCUT2D eigenvalue weighted by Crippen LogP contribution is -2.47. The molecule has 0 aromatic carbocycles. The average molecular weight is 317 g/mol. The fourth-order valence-corrected chi connectivity index (χ4v) is 2.44. The monoisotopic (exact) mass is 317 g/mol. The van der Waals surface area contributed by atoms with Crippen molar-refractivity contribution in [1.82, 2.24) is 15.3 Å². The molecule has 124 valence electrons. The van der Waals surface area contributed by atoms with Gasteiger partial charge in [-0.15, -0.1) is 0 Å². The molecule has 2 rings (SSSR count). The smallest absolute Gasteiger partial charge is 0.360 e. The predicted octanol–water partition coefficient (Wildman–Crippen LogP) is 2.78. The van der Waals surface area contributed by atoms with Gasteiger partial charge in [0, 0.05) is 32.0 Å². The number of halogens is 3. The molecule has 2 aliphatic heterocycles. The minimum absolute atomic E-state index is 0.695. The Labute approximate surface area is 128 Å². The lowest BCUT2D eigenvalue weighted by molar-refractivity contribution is -0.199. The van der Waals surface area contributed by atoms with Crippen molar-refractivity contribution < 1.29 is 17.9 Å². The van der Waals surface area contributed by atoms with E-state index in [1.54, 1.807) is 20.0 Å². The van der Waals surface area contributed by atoms with E-state index in [-0.39, 0.29) is 0 Å². The molecule has 0 amide bonds. The third kappa shape index (κ3) is 4.04. The van der Waals surface area contributed by atoms with Gasteiger partial charge in [-0.25, -0.2) is 5.01 Å². The van der Waals surface area contributed by atoms with Crippen molar-refractivity contribution >= 4 is 0 Å². The molecular weight excluding hydrogens is 295 g/mol. The van der Waals surface area contributed by atoms with E-state index in [9.17, 15) is 13.2 Å². The summed E-state index contributed by atoms with van der Waals surface area (Å²) in [5.74, 6) is 0. The predicted molar refractivity (Wildman–Crippen MR) is 78.5 cm³/mol. The van der Waals surface area contributed by atoms with Crippen LogP contribution in [0.25, 0.3) is 0 Å². The SMILES string of the molecule is CCN1C=CCN1CC1=CNC(C)(OCC(F)(F)F)C(C)=C1. The molecule has 0 spiro atoms. The molecule has 1 unspecified atom stereocenters. The molecule has 22 heavy (non-hydrogen) atoms. The number of hydrogen-bond donors (Lipinski definition) is 1. The number of alkyl halides is 3. The Bertz CT molecular complexity index is 499. The zero-order chi connectivity index (χ0) is 16.4. The Morgan fingerprint density at radius 1 is 1.41 bits per heavy atom. The molecule has 7 heteroatoms. The van der Waals surface area contributed by atoms with Gasteiger partial charge >= 0.3 is 6.18 Å². The number of ether oxygens (including phenoxy) is 1. The fourth-order valence-electron chi connectivity index (χ4n) is 2.44. The molecule has 2 heterocycles. The van der Waals surface area contributed by atoms with Gasteiger partial charge in [-0.1, -0.05) is 12.2 Å². The second-order valence-corrected chi connectivity index (χ2v) is 5.62. The van der Waals surface area contributed by atoms with E-state index in [0.717, 1.165) is 24.2 Å². The second-order valence-electron chi connectivity index (χ2n) is 5.62. The van der Waals surface area contributed by atoms with Crippen LogP contribution >= 0.6 is 0 Å². The maximum atomic E-state index is 12.3. The summed E-state index contributed by atoms with van der Waals surface area (Å²) in [7, 11) is 0. The highest BCUT2D eigenvalue weighted by atomic mass is 19.4. The van der Waals surface area contributed by atoms with Gasteiger partial charge < -0.3 is 15.1 Å². The number of hydrogen-bond acceptors (Lipinski definition) is 4. The third-order valence-electron chi connectivity index (χ3n) is 3.86. The standard InChI is InChI=1S/C15H22F3N3O/c1-4-20-6-5-7-21(20)10-13-8-12(2)14(3,19-9-13)22-11-15(16,17)18/h5-6,8-9,19H,4,7,10-11H2,1-3H3. The van der Waals surface area contributed by atoms with Gasteiger partial charge in [0.25, 0.3) is 0 Å². The van der Waals surface area contributed by atoms with E-state index in [1.807, 2.05) is 12.3 Å². The van der Waals surface area contributed by atoms with Crippen molar-refractivity contribution in [1.29, 1.82) is 0 Å². The highest BCUT2D eigenvalue weighted by Gasteiger charge is 2.36. The van der Waals surface area contributed by atoms with E-state index in [1.165, 1.54) is 0 Å². The van der Waals surface area contributed by atoms with Crippen LogP contribution in [0.3, 0.4) is 0 Å². The number of hydrazine groups is 1. The van der Waals surface area contributed by atoms with Crippen LogP contribution in [0.5, 0.6) is 0 Å². The van der Waals surface area contributed by atoms with E-state index in [4.69, 9.17) is 4.74 Å². The summed E-state index contributed by atoms with van der Waals surface area (Å²) in [5.41, 5.74) is 0.615. The Morgan fingerprint density at radius 3 is 2.73 bits per heavy atom. The molecule has 2 aliphatic rings. The van der Waals surface area contributed by atoms with E-state index >= 15 is 0 Å². The number of nitrogens with one attached hydrogen (secondary N) is 1. The molecule has 0 aromatic rings. The van der Waals surface area contributed by atoms with Crippen LogP contribution in [0.2, 0.25) is 0 Å². The summed E-state index contributed by atoms with van der Waals surface area (Å²) in [6.07, 6.45) is 3.39. The zero-order valence-corrected chi connectivity index (χ0v) is 13.1. The maximum absolute atomic E-state index is 12.3. The van der Waals surface area contributed by atoms with Gasteiger partial charge in [0.05, 0.1) is 0 Å². The van der Waals surface area contributed by atoms with Gasteiger partial charge in [-0.05, 0) is 31.9 Å². The largest absolute Gasteiger partial charge is 0.411 e. The first-order chi connectivity index (χ1) is 10.2. The third-order valence-corrected chi connectivity index (χ3v) is 3.86. The van der Waals surface area contributed by atoms with Crippen molar-refractivity contribution in [3.05, 3.63) is 35.7 Å². The molecule has 1 N–H and O–H groups in total. The van der Waals surface area contributed by atoms with Crippen LogP contribution in [-0.2, 0) is 4.74 Å². The van der Waals surface area contributed by atoms with E-state index in [2.05, 4.69) is 28.3 Å². The number of nitrogens with zero attached hydrogens (tertiary/aromatic N) is 2. The lowest BCUT2D eigenvalue weighted by atomic mass is 10.00. The summed E-state index contributed by atoms with van der Waals surface area (Å²) in [4.78, 5) is 0. The molecule has 0 saturated carbocycles. The van der Waals surface area contributed by atoms with Gasteiger partial charge in [-0.2, -0.15) is 13.2 Å². The van der Waals surface area contributed by atoms with Gasteiger partial charge in [0.15, 0.2) is 5.72 Å². The minimum atomic E-state index is -4.34. The van der Waals surface area contributed by atoms with Crippen LogP contribution in [0.1, 0.15) is 20.8 Å². The zero-order valence-electron chi connectivity index (χ0n) is 13.1. The Balaban J connectivity index is 1.96. The van der Waals surface area contributed by atoms with Crippen molar-refractivity contribution in [2.75, 3.05) is 26.2 Å². The molecule has 0 fully saturated rings. The van der Waals surface area contributed by atoms with E-state index < -0.39 is 18.5 Å². The molecule has 0 radical (unpaired) electrons. The van der Waals surface area contributed by atoms with Crippen molar-refractivity contribution in [3.63, 3.8) is 0 Å². The van der Waals surface area contributed by atoms with Crippen LogP contribution in [0.15, 0.2) is 35.7 Å². The van der Waals surface area contributed by atoms with Crippen LogP contribution in [0, 0.1) is 0 Å². The summed E-state index contributed by atoms with van der Waals surface area (Å²) in [6, 6.07) is 0. The van der Waals surface area contributed by atoms with Crippen LogP contribution in [0.4, 0.5) is 13.2 Å². The van der Waals surface area contributed by atoms with Crippen molar-refractivity contribution in [3.8, 4) is 0 Å². The molecule has 0 saturated heterocycles. The quantitative estimate of drug-likeness (QED) is 0.844. The fraction of sp³-hybridized carbons (Fsp3) is 0.600. The molecule has 4 nitrogen and oxygen atoms in total. The maximum Gasteiger partial charge on any atom is 0.411 e. The molecule has 0 bridgehead atoms. The number of rotatable bonds is 5.